The van der Waals surface area contributed by atoms with Crippen LogP contribution in [0.15, 0.2) is 82.7 Å². The number of rotatable bonds is 8. The highest BCUT2D eigenvalue weighted by Gasteiger charge is 2.14. The average Bonchev–Trinajstić information content (AvgIpc) is 2.84. The number of methoxy groups -OCH3 is 1. The van der Waals surface area contributed by atoms with Gasteiger partial charge in [-0.15, -0.1) is 0 Å². The quantitative estimate of drug-likeness (QED) is 0.297. The zero-order chi connectivity index (χ0) is 23.2. The Labute approximate surface area is 200 Å². The summed E-state index contributed by atoms with van der Waals surface area (Å²) in [7, 11) is 1.60. The number of amides is 1. The number of fused-ring (bicyclic) bond motifs is 1. The lowest BCUT2D eigenvalue weighted by Crippen LogP contribution is -2.27. The highest BCUT2D eigenvalue weighted by Crippen LogP contribution is 2.22. The second-order valence-electron chi connectivity index (χ2n) is 7.31. The lowest BCUT2D eigenvalue weighted by molar-refractivity contribution is -0.118. The van der Waals surface area contributed by atoms with E-state index in [2.05, 4.69) is 10.3 Å². The van der Waals surface area contributed by atoms with Crippen molar-refractivity contribution in [2.75, 3.05) is 12.9 Å². The molecule has 0 unspecified atom stereocenters. The van der Waals surface area contributed by atoms with Gasteiger partial charge in [0.25, 0.3) is 5.56 Å². The fourth-order valence-electron chi connectivity index (χ4n) is 3.36. The summed E-state index contributed by atoms with van der Waals surface area (Å²) in [5.41, 5.74) is 2.17. The predicted molar refractivity (Wildman–Crippen MR) is 132 cm³/mol. The number of aromatic nitrogens is 2. The SMILES string of the molecule is COc1cccc(CNC(=O)CSc2nc3ccccc3c(=O)n2Cc2ccccc2Cl)c1. The Balaban J connectivity index is 1.54. The first-order chi connectivity index (χ1) is 16.0. The van der Waals surface area contributed by atoms with Crippen molar-refractivity contribution in [3.63, 3.8) is 0 Å². The van der Waals surface area contributed by atoms with Crippen LogP contribution in [0.3, 0.4) is 0 Å². The van der Waals surface area contributed by atoms with Crippen molar-refractivity contribution in [3.05, 3.63) is 99.3 Å². The minimum atomic E-state index is -0.167. The van der Waals surface area contributed by atoms with Crippen LogP contribution in [-0.2, 0) is 17.9 Å². The fourth-order valence-corrected chi connectivity index (χ4v) is 4.38. The second-order valence-corrected chi connectivity index (χ2v) is 8.66. The first-order valence-electron chi connectivity index (χ1n) is 10.3. The number of thioether (sulfide) groups is 1. The molecule has 0 saturated carbocycles. The molecule has 0 spiro atoms. The molecule has 1 N–H and O–H groups in total. The van der Waals surface area contributed by atoms with E-state index in [1.54, 1.807) is 29.9 Å². The Hall–Kier alpha value is -3.29. The van der Waals surface area contributed by atoms with Gasteiger partial charge in [-0.1, -0.05) is 65.8 Å². The predicted octanol–water partition coefficient (Wildman–Crippen LogP) is 4.52. The highest BCUT2D eigenvalue weighted by atomic mass is 35.5. The summed E-state index contributed by atoms with van der Waals surface area (Å²) in [6, 6.07) is 22.1. The van der Waals surface area contributed by atoms with Gasteiger partial charge in [0.15, 0.2) is 5.16 Å². The van der Waals surface area contributed by atoms with E-state index in [4.69, 9.17) is 16.3 Å². The minimum Gasteiger partial charge on any atom is -0.497 e. The Morgan fingerprint density at radius 3 is 2.70 bits per heavy atom. The number of nitrogens with one attached hydrogen (secondary N) is 1. The Bertz CT molecular complexity index is 1360. The van der Waals surface area contributed by atoms with E-state index in [1.807, 2.05) is 54.6 Å². The molecule has 8 heteroatoms. The second kappa shape index (κ2) is 10.6. The fraction of sp³-hybridized carbons (Fsp3) is 0.160. The summed E-state index contributed by atoms with van der Waals surface area (Å²) in [6.45, 7) is 0.651. The van der Waals surface area contributed by atoms with Gasteiger partial charge in [-0.25, -0.2) is 4.98 Å². The third kappa shape index (κ3) is 5.56. The molecule has 1 amide bonds. The molecule has 0 aliphatic carbocycles. The van der Waals surface area contributed by atoms with Crippen LogP contribution in [0.5, 0.6) is 5.75 Å². The Morgan fingerprint density at radius 2 is 1.88 bits per heavy atom. The van der Waals surface area contributed by atoms with Gasteiger partial charge < -0.3 is 10.1 Å². The van der Waals surface area contributed by atoms with Crippen molar-refractivity contribution in [1.29, 1.82) is 0 Å². The number of ether oxygens (including phenoxy) is 1. The van der Waals surface area contributed by atoms with E-state index in [9.17, 15) is 9.59 Å². The van der Waals surface area contributed by atoms with E-state index >= 15 is 0 Å². The number of carbonyl (C=O) groups is 1. The Morgan fingerprint density at radius 1 is 1.09 bits per heavy atom. The van der Waals surface area contributed by atoms with Crippen LogP contribution in [0.2, 0.25) is 5.02 Å². The molecule has 3 aromatic carbocycles. The molecule has 1 aromatic heterocycles. The van der Waals surface area contributed by atoms with Gasteiger partial charge in [-0.3, -0.25) is 14.2 Å². The lowest BCUT2D eigenvalue weighted by Gasteiger charge is -2.14. The molecule has 6 nitrogen and oxygen atoms in total. The number of nitrogens with zero attached hydrogens (tertiary/aromatic N) is 2. The summed E-state index contributed by atoms with van der Waals surface area (Å²) in [5, 5.41) is 4.46. The van der Waals surface area contributed by atoms with Gasteiger partial charge >= 0.3 is 0 Å². The van der Waals surface area contributed by atoms with Gasteiger partial charge in [0.1, 0.15) is 5.75 Å². The van der Waals surface area contributed by atoms with Crippen LogP contribution in [0.1, 0.15) is 11.1 Å². The number of benzene rings is 3. The van der Waals surface area contributed by atoms with Crippen molar-refractivity contribution in [2.24, 2.45) is 0 Å². The van der Waals surface area contributed by atoms with Gasteiger partial charge in [0.2, 0.25) is 5.91 Å². The summed E-state index contributed by atoms with van der Waals surface area (Å²) >= 11 is 7.55. The molecule has 0 bridgehead atoms. The molecule has 4 rings (SSSR count). The maximum atomic E-state index is 13.2. The van der Waals surface area contributed by atoms with E-state index in [0.717, 1.165) is 16.9 Å². The topological polar surface area (TPSA) is 73.2 Å². The maximum Gasteiger partial charge on any atom is 0.262 e. The highest BCUT2D eigenvalue weighted by molar-refractivity contribution is 7.99. The molecule has 0 aliphatic heterocycles. The maximum absolute atomic E-state index is 13.2. The van der Waals surface area contributed by atoms with Crippen LogP contribution in [-0.4, -0.2) is 28.3 Å². The molecule has 1 heterocycles. The largest absolute Gasteiger partial charge is 0.497 e. The van der Waals surface area contributed by atoms with Crippen LogP contribution in [0.25, 0.3) is 10.9 Å². The van der Waals surface area contributed by atoms with Crippen molar-refractivity contribution in [1.82, 2.24) is 14.9 Å². The van der Waals surface area contributed by atoms with Gasteiger partial charge in [-0.05, 0) is 41.5 Å². The number of carbonyl (C=O) groups excluding carboxylic acids is 1. The van der Waals surface area contributed by atoms with E-state index in [-0.39, 0.29) is 23.8 Å². The van der Waals surface area contributed by atoms with Crippen molar-refractivity contribution in [2.45, 2.75) is 18.2 Å². The molecule has 168 valence electrons. The number of halogens is 1. The van der Waals surface area contributed by atoms with Crippen molar-refractivity contribution in [3.8, 4) is 5.75 Å². The lowest BCUT2D eigenvalue weighted by atomic mass is 10.2. The normalized spacial score (nSPS) is 10.8. The van der Waals surface area contributed by atoms with Crippen molar-refractivity contribution >= 4 is 40.2 Å². The summed E-state index contributed by atoms with van der Waals surface area (Å²) in [4.78, 5) is 30.4. The molecule has 33 heavy (non-hydrogen) atoms. The summed E-state index contributed by atoms with van der Waals surface area (Å²) in [6.07, 6.45) is 0. The molecule has 0 aliphatic rings. The summed E-state index contributed by atoms with van der Waals surface area (Å²) in [5.74, 6) is 0.701. The first kappa shape index (κ1) is 22.9. The standard InChI is InChI=1S/C25H22ClN3O3S/c1-32-19-9-6-7-17(13-19)14-27-23(30)16-33-25-28-22-12-5-3-10-20(22)24(31)29(25)15-18-8-2-4-11-21(18)26/h2-13H,14-16H2,1H3,(H,27,30). The first-order valence-corrected chi connectivity index (χ1v) is 11.7. The molecule has 0 radical (unpaired) electrons. The van der Waals surface area contributed by atoms with Crippen LogP contribution < -0.4 is 15.6 Å². The average molecular weight is 480 g/mol. The number of para-hydroxylation sites is 1. The van der Waals surface area contributed by atoms with Gasteiger partial charge in [-0.2, -0.15) is 0 Å². The third-order valence-electron chi connectivity index (χ3n) is 5.07. The Kier molecular flexibility index (Phi) is 7.32. The smallest absolute Gasteiger partial charge is 0.262 e. The van der Waals surface area contributed by atoms with E-state index < -0.39 is 0 Å². The van der Waals surface area contributed by atoms with E-state index in [0.29, 0.717) is 27.6 Å². The molecule has 0 saturated heterocycles. The van der Waals surface area contributed by atoms with Crippen LogP contribution >= 0.6 is 23.4 Å². The molecule has 4 aromatic rings. The van der Waals surface area contributed by atoms with Crippen LogP contribution in [0, 0.1) is 0 Å². The molecule has 0 atom stereocenters. The van der Waals surface area contributed by atoms with Crippen LogP contribution in [0.4, 0.5) is 0 Å². The van der Waals surface area contributed by atoms with Gasteiger partial charge in [0, 0.05) is 11.6 Å². The zero-order valence-electron chi connectivity index (χ0n) is 18.0. The summed E-state index contributed by atoms with van der Waals surface area (Å²) < 4.78 is 6.79. The zero-order valence-corrected chi connectivity index (χ0v) is 19.5. The van der Waals surface area contributed by atoms with Crippen molar-refractivity contribution < 1.29 is 9.53 Å². The third-order valence-corrected chi connectivity index (χ3v) is 6.41. The molecular weight excluding hydrogens is 458 g/mol. The van der Waals surface area contributed by atoms with Gasteiger partial charge in [0.05, 0.1) is 30.3 Å². The minimum absolute atomic E-state index is 0.122. The molecular formula is C25H22ClN3O3S. The van der Waals surface area contributed by atoms with E-state index in [1.165, 1.54) is 11.8 Å². The number of hydrogen-bond donors (Lipinski definition) is 1. The monoisotopic (exact) mass is 479 g/mol. The molecule has 0 fully saturated rings. The number of hydrogen-bond acceptors (Lipinski definition) is 5.